The number of rotatable bonds is 9. The lowest BCUT2D eigenvalue weighted by molar-refractivity contribution is 0.0976. The molecular weight excluding hydrogens is 444 g/mol. The van der Waals surface area contributed by atoms with Crippen LogP contribution in [-0.2, 0) is 6.54 Å². The molecule has 0 bridgehead atoms. The number of anilines is 1. The summed E-state index contributed by atoms with van der Waals surface area (Å²) in [7, 11) is 4.52. The molecule has 184 valence electrons. The van der Waals surface area contributed by atoms with Crippen molar-refractivity contribution in [3.05, 3.63) is 77.6 Å². The number of carbonyl (C=O) groups is 1. The fraction of sp³-hybridized carbons (Fsp3) is 0.296. The van der Waals surface area contributed by atoms with Gasteiger partial charge in [0, 0.05) is 23.6 Å². The van der Waals surface area contributed by atoms with Crippen molar-refractivity contribution in [3.8, 4) is 17.2 Å². The van der Waals surface area contributed by atoms with Crippen molar-refractivity contribution in [2.24, 2.45) is 4.99 Å². The molecule has 0 aliphatic rings. The van der Waals surface area contributed by atoms with Crippen LogP contribution >= 0.6 is 0 Å². The van der Waals surface area contributed by atoms with E-state index in [-0.39, 0.29) is 5.91 Å². The second-order valence-electron chi connectivity index (χ2n) is 7.94. The van der Waals surface area contributed by atoms with E-state index in [1.807, 2.05) is 24.3 Å². The average molecular weight is 477 g/mol. The van der Waals surface area contributed by atoms with E-state index in [0.29, 0.717) is 41.2 Å². The quantitative estimate of drug-likeness (QED) is 0.333. The second-order valence-corrected chi connectivity index (χ2v) is 7.94. The van der Waals surface area contributed by atoms with Crippen LogP contribution < -0.4 is 24.8 Å². The Morgan fingerprint density at radius 3 is 2.14 bits per heavy atom. The molecule has 0 radical (unpaired) electrons. The first-order valence-corrected chi connectivity index (χ1v) is 11.4. The molecule has 35 heavy (non-hydrogen) atoms. The Kier molecular flexibility index (Phi) is 9.06. The van der Waals surface area contributed by atoms with Gasteiger partial charge in [0.2, 0.25) is 11.7 Å². The van der Waals surface area contributed by atoms with E-state index in [9.17, 15) is 4.79 Å². The van der Waals surface area contributed by atoms with E-state index in [4.69, 9.17) is 14.2 Å². The minimum Gasteiger partial charge on any atom is -0.493 e. The molecular formula is C27H32N4O4. The van der Waals surface area contributed by atoms with Crippen LogP contribution in [0, 0.1) is 0 Å². The van der Waals surface area contributed by atoms with Gasteiger partial charge in [0.25, 0.3) is 5.91 Å². The Hall–Kier alpha value is -4.07. The van der Waals surface area contributed by atoms with Gasteiger partial charge in [-0.15, -0.1) is 0 Å². The topological polar surface area (TPSA) is 94.1 Å². The fourth-order valence-corrected chi connectivity index (χ4v) is 3.43. The number of aromatic nitrogens is 1. The van der Waals surface area contributed by atoms with Crippen molar-refractivity contribution < 1.29 is 19.0 Å². The second kappa shape index (κ2) is 12.4. The molecule has 0 unspecified atom stereocenters. The Morgan fingerprint density at radius 1 is 0.971 bits per heavy atom. The Bertz CT molecular complexity index is 1120. The normalized spacial score (nSPS) is 12.0. The zero-order chi connectivity index (χ0) is 25.2. The van der Waals surface area contributed by atoms with Gasteiger partial charge in [-0.3, -0.25) is 15.1 Å². The van der Waals surface area contributed by atoms with Gasteiger partial charge >= 0.3 is 0 Å². The number of aliphatic imine (C=N–C) groups is 1. The van der Waals surface area contributed by atoms with Crippen LogP contribution in [-0.4, -0.2) is 38.2 Å². The molecule has 0 spiro atoms. The highest BCUT2D eigenvalue weighted by Crippen LogP contribution is 2.38. The first kappa shape index (κ1) is 25.6. The molecule has 2 N–H and O–H groups in total. The molecule has 0 fully saturated rings. The number of nitrogens with zero attached hydrogens (tertiary/aromatic N) is 2. The lowest BCUT2D eigenvalue weighted by Crippen LogP contribution is -2.36. The highest BCUT2D eigenvalue weighted by molar-refractivity contribution is 6.10. The summed E-state index contributed by atoms with van der Waals surface area (Å²) in [4.78, 5) is 21.8. The van der Waals surface area contributed by atoms with E-state index in [2.05, 4.69) is 46.6 Å². The van der Waals surface area contributed by atoms with Crippen molar-refractivity contribution >= 4 is 17.6 Å². The highest BCUT2D eigenvalue weighted by atomic mass is 16.5. The van der Waals surface area contributed by atoms with Crippen molar-refractivity contribution in [2.45, 2.75) is 32.7 Å². The summed E-state index contributed by atoms with van der Waals surface area (Å²) in [5.74, 6) is 1.61. The molecule has 2 aromatic carbocycles. The van der Waals surface area contributed by atoms with Crippen LogP contribution in [0.5, 0.6) is 17.2 Å². The first-order chi connectivity index (χ1) is 17.0. The maximum Gasteiger partial charge on any atom is 0.258 e. The predicted octanol–water partition coefficient (Wildman–Crippen LogP) is 5.02. The number of pyridine rings is 1. The summed E-state index contributed by atoms with van der Waals surface area (Å²) in [6.07, 6.45) is 4.48. The largest absolute Gasteiger partial charge is 0.493 e. The number of guanidine groups is 1. The fourth-order valence-electron chi connectivity index (χ4n) is 3.43. The van der Waals surface area contributed by atoms with Crippen molar-refractivity contribution in [2.75, 3.05) is 26.6 Å². The zero-order valence-electron chi connectivity index (χ0n) is 20.8. The molecule has 3 rings (SSSR count). The molecule has 8 heteroatoms. The van der Waals surface area contributed by atoms with Crippen LogP contribution in [0.2, 0.25) is 0 Å². The lowest BCUT2D eigenvalue weighted by atomic mass is 9.99. The van der Waals surface area contributed by atoms with E-state index in [1.54, 1.807) is 24.5 Å². The zero-order valence-corrected chi connectivity index (χ0v) is 20.8. The SMILES string of the molecule is CC[C@H](C)c1ccc(NC(=NCc2ccncc2)NC(=O)c2cc(OC)c(OC)c(OC)c2)cc1. The minimum atomic E-state index is -0.374. The summed E-state index contributed by atoms with van der Waals surface area (Å²) in [6, 6.07) is 15.1. The maximum absolute atomic E-state index is 13.2. The number of hydrogen-bond donors (Lipinski definition) is 2. The van der Waals surface area contributed by atoms with Gasteiger partial charge in [-0.05, 0) is 59.9 Å². The molecule has 8 nitrogen and oxygen atoms in total. The third-order valence-corrected chi connectivity index (χ3v) is 5.68. The van der Waals surface area contributed by atoms with Gasteiger partial charge in [-0.2, -0.15) is 0 Å². The van der Waals surface area contributed by atoms with E-state index in [0.717, 1.165) is 17.7 Å². The molecule has 1 heterocycles. The summed E-state index contributed by atoms with van der Waals surface area (Å²) in [6.45, 7) is 4.73. The smallest absolute Gasteiger partial charge is 0.258 e. The van der Waals surface area contributed by atoms with Crippen LogP contribution in [0.15, 0.2) is 65.9 Å². The van der Waals surface area contributed by atoms with E-state index < -0.39 is 0 Å². The summed E-state index contributed by atoms with van der Waals surface area (Å²) in [5, 5.41) is 6.10. The third kappa shape index (κ3) is 6.72. The van der Waals surface area contributed by atoms with Crippen LogP contribution in [0.25, 0.3) is 0 Å². The highest BCUT2D eigenvalue weighted by Gasteiger charge is 2.18. The standard InChI is InChI=1S/C27H32N4O4/c1-6-18(2)20-7-9-22(10-8-20)30-27(29-17-19-11-13-28-14-12-19)31-26(32)21-15-23(33-3)25(35-5)24(16-21)34-4/h7-16,18H,6,17H2,1-5H3,(H2,29,30,31,32)/t18-/m0/s1. The van der Waals surface area contributed by atoms with Crippen molar-refractivity contribution in [1.29, 1.82) is 0 Å². The molecule has 1 atom stereocenters. The van der Waals surface area contributed by atoms with Gasteiger partial charge in [-0.1, -0.05) is 26.0 Å². The molecule has 1 amide bonds. The summed E-state index contributed by atoms with van der Waals surface area (Å²) >= 11 is 0. The summed E-state index contributed by atoms with van der Waals surface area (Å²) in [5.41, 5.74) is 3.38. The van der Waals surface area contributed by atoms with E-state index in [1.165, 1.54) is 26.9 Å². The molecule has 0 saturated heterocycles. The third-order valence-electron chi connectivity index (χ3n) is 5.68. The molecule has 0 aliphatic carbocycles. The monoisotopic (exact) mass is 476 g/mol. The molecule has 0 aliphatic heterocycles. The minimum absolute atomic E-state index is 0.317. The number of carbonyl (C=O) groups excluding carboxylic acids is 1. The van der Waals surface area contributed by atoms with Crippen LogP contribution in [0.3, 0.4) is 0 Å². The average Bonchev–Trinajstić information content (AvgIpc) is 2.91. The van der Waals surface area contributed by atoms with Crippen LogP contribution in [0.4, 0.5) is 5.69 Å². The molecule has 3 aromatic rings. The predicted molar refractivity (Wildman–Crippen MR) is 138 cm³/mol. The van der Waals surface area contributed by atoms with Gasteiger partial charge < -0.3 is 19.5 Å². The van der Waals surface area contributed by atoms with Crippen molar-refractivity contribution in [3.63, 3.8) is 0 Å². The molecule has 0 saturated carbocycles. The van der Waals surface area contributed by atoms with Gasteiger partial charge in [0.05, 0.1) is 27.9 Å². The van der Waals surface area contributed by atoms with Gasteiger partial charge in [0.15, 0.2) is 11.5 Å². The number of nitrogens with one attached hydrogen (secondary N) is 2. The Balaban J connectivity index is 1.87. The maximum atomic E-state index is 13.2. The number of amides is 1. The Labute approximate surface area is 206 Å². The lowest BCUT2D eigenvalue weighted by Gasteiger charge is -2.16. The van der Waals surface area contributed by atoms with Crippen molar-refractivity contribution in [1.82, 2.24) is 10.3 Å². The van der Waals surface area contributed by atoms with Crippen LogP contribution in [0.1, 0.15) is 47.7 Å². The number of benzene rings is 2. The number of ether oxygens (including phenoxy) is 3. The number of hydrogen-bond acceptors (Lipinski definition) is 6. The van der Waals surface area contributed by atoms with Gasteiger partial charge in [-0.25, -0.2) is 4.99 Å². The first-order valence-electron chi connectivity index (χ1n) is 11.4. The van der Waals surface area contributed by atoms with Gasteiger partial charge in [0.1, 0.15) is 0 Å². The molecule has 1 aromatic heterocycles. The van der Waals surface area contributed by atoms with E-state index >= 15 is 0 Å². The summed E-state index contributed by atoms with van der Waals surface area (Å²) < 4.78 is 16.1. The Morgan fingerprint density at radius 2 is 1.60 bits per heavy atom. The number of methoxy groups -OCH3 is 3.